The number of benzene rings is 1. The highest BCUT2D eigenvalue weighted by molar-refractivity contribution is 5.95. The molecule has 0 fully saturated rings. The van der Waals surface area contributed by atoms with Gasteiger partial charge in [0.25, 0.3) is 0 Å². The van der Waals surface area contributed by atoms with Gasteiger partial charge in [0.1, 0.15) is 5.75 Å². The Labute approximate surface area is 140 Å². The van der Waals surface area contributed by atoms with Crippen LogP contribution in [0.3, 0.4) is 0 Å². The van der Waals surface area contributed by atoms with Crippen molar-refractivity contribution >= 4 is 24.0 Å². The zero-order chi connectivity index (χ0) is 16.0. The number of ether oxygens (including phenoxy) is 1. The van der Waals surface area contributed by atoms with Gasteiger partial charge in [0, 0.05) is 12.2 Å². The number of nitrogens with one attached hydrogen (secondary N) is 1. The molecule has 1 rings (SSSR count). The maximum absolute atomic E-state index is 12.5. The van der Waals surface area contributed by atoms with Crippen molar-refractivity contribution in [2.75, 3.05) is 11.9 Å². The summed E-state index contributed by atoms with van der Waals surface area (Å²) in [6.45, 7) is 10.3. The van der Waals surface area contributed by atoms with E-state index < -0.39 is 5.41 Å². The molecule has 1 aromatic rings. The molecule has 5 heteroatoms. The molecular weight excluding hydrogens is 300 g/mol. The highest BCUT2D eigenvalue weighted by atomic mass is 35.5. The van der Waals surface area contributed by atoms with Gasteiger partial charge in [-0.1, -0.05) is 13.8 Å². The SMILES string of the molecule is CCC(CC)(CN)C(=O)Nc1ccc(OC(C)C)c(C)c1.Cl. The van der Waals surface area contributed by atoms with Crippen molar-refractivity contribution in [1.82, 2.24) is 0 Å². The molecule has 0 unspecified atom stereocenters. The van der Waals surface area contributed by atoms with Crippen LogP contribution in [-0.4, -0.2) is 18.6 Å². The average Bonchev–Trinajstić information content (AvgIpc) is 2.44. The van der Waals surface area contributed by atoms with Crippen LogP contribution in [0.4, 0.5) is 5.69 Å². The lowest BCUT2D eigenvalue weighted by Crippen LogP contribution is -2.41. The van der Waals surface area contributed by atoms with Crippen LogP contribution in [0.2, 0.25) is 0 Å². The van der Waals surface area contributed by atoms with Crippen LogP contribution in [0.15, 0.2) is 18.2 Å². The number of nitrogens with two attached hydrogens (primary N) is 1. The van der Waals surface area contributed by atoms with E-state index in [0.717, 1.165) is 29.8 Å². The Morgan fingerprint density at radius 1 is 1.32 bits per heavy atom. The summed E-state index contributed by atoms with van der Waals surface area (Å²) in [5, 5.41) is 2.98. The van der Waals surface area contributed by atoms with E-state index in [4.69, 9.17) is 10.5 Å². The van der Waals surface area contributed by atoms with Crippen LogP contribution in [0.25, 0.3) is 0 Å². The molecule has 0 saturated carbocycles. The molecule has 4 nitrogen and oxygen atoms in total. The van der Waals surface area contributed by atoms with E-state index in [0.29, 0.717) is 6.54 Å². The summed E-state index contributed by atoms with van der Waals surface area (Å²) in [7, 11) is 0. The lowest BCUT2D eigenvalue weighted by Gasteiger charge is -2.28. The smallest absolute Gasteiger partial charge is 0.231 e. The molecule has 0 saturated heterocycles. The van der Waals surface area contributed by atoms with E-state index in [-0.39, 0.29) is 24.4 Å². The van der Waals surface area contributed by atoms with Gasteiger partial charge >= 0.3 is 0 Å². The molecule has 0 bridgehead atoms. The fraction of sp³-hybridized carbons (Fsp3) is 0.588. The number of hydrogen-bond acceptors (Lipinski definition) is 3. The van der Waals surface area contributed by atoms with Crippen LogP contribution < -0.4 is 15.8 Å². The van der Waals surface area contributed by atoms with Gasteiger partial charge in [0.2, 0.25) is 5.91 Å². The summed E-state index contributed by atoms with van der Waals surface area (Å²) in [6, 6.07) is 5.70. The molecule has 3 N–H and O–H groups in total. The number of aryl methyl sites for hydroxylation is 1. The number of amides is 1. The first-order chi connectivity index (χ1) is 9.88. The predicted octanol–water partition coefficient (Wildman–Crippen LogP) is 3.91. The molecule has 0 radical (unpaired) electrons. The Hall–Kier alpha value is -1.26. The Morgan fingerprint density at radius 3 is 2.32 bits per heavy atom. The lowest BCUT2D eigenvalue weighted by atomic mass is 9.81. The van der Waals surface area contributed by atoms with Crippen molar-refractivity contribution in [1.29, 1.82) is 0 Å². The number of carbonyl (C=O) groups is 1. The second kappa shape index (κ2) is 9.01. The molecule has 22 heavy (non-hydrogen) atoms. The lowest BCUT2D eigenvalue weighted by molar-refractivity contribution is -0.125. The topological polar surface area (TPSA) is 64.4 Å². The van der Waals surface area contributed by atoms with Gasteiger partial charge in [-0.05, 0) is 57.4 Å². The van der Waals surface area contributed by atoms with Crippen molar-refractivity contribution in [3.05, 3.63) is 23.8 Å². The van der Waals surface area contributed by atoms with E-state index in [9.17, 15) is 4.79 Å². The first-order valence-corrected chi connectivity index (χ1v) is 7.67. The largest absolute Gasteiger partial charge is 0.491 e. The van der Waals surface area contributed by atoms with Crippen LogP contribution in [0, 0.1) is 12.3 Å². The van der Waals surface area contributed by atoms with Gasteiger partial charge in [-0.25, -0.2) is 0 Å². The van der Waals surface area contributed by atoms with E-state index in [2.05, 4.69) is 5.32 Å². The van der Waals surface area contributed by atoms with Crippen molar-refractivity contribution in [2.24, 2.45) is 11.1 Å². The molecule has 0 spiro atoms. The Morgan fingerprint density at radius 2 is 1.91 bits per heavy atom. The predicted molar refractivity (Wildman–Crippen MR) is 94.9 cm³/mol. The maximum atomic E-state index is 12.5. The molecule has 1 amide bonds. The highest BCUT2D eigenvalue weighted by Crippen LogP contribution is 2.28. The minimum atomic E-state index is -0.485. The quantitative estimate of drug-likeness (QED) is 0.797. The van der Waals surface area contributed by atoms with Crippen molar-refractivity contribution < 1.29 is 9.53 Å². The third-order valence-electron chi connectivity index (χ3n) is 4.02. The number of carbonyl (C=O) groups excluding carboxylic acids is 1. The van der Waals surface area contributed by atoms with Gasteiger partial charge in [-0.15, -0.1) is 12.4 Å². The standard InChI is InChI=1S/C17H28N2O2.ClH/c1-6-17(7-2,11-18)16(20)19-14-8-9-15(13(5)10-14)21-12(3)4;/h8-10,12H,6-7,11,18H2,1-5H3,(H,19,20);1H. The van der Waals surface area contributed by atoms with E-state index >= 15 is 0 Å². The first-order valence-electron chi connectivity index (χ1n) is 7.67. The number of anilines is 1. The maximum Gasteiger partial charge on any atom is 0.231 e. The van der Waals surface area contributed by atoms with Crippen LogP contribution in [0.1, 0.15) is 46.1 Å². The number of hydrogen-bond donors (Lipinski definition) is 2. The zero-order valence-corrected chi connectivity index (χ0v) is 15.0. The number of halogens is 1. The van der Waals surface area contributed by atoms with Crippen molar-refractivity contribution in [3.63, 3.8) is 0 Å². The molecule has 0 atom stereocenters. The Bertz CT molecular complexity index is 477. The normalized spacial score (nSPS) is 11.0. The molecule has 0 aliphatic rings. The minimum Gasteiger partial charge on any atom is -0.491 e. The van der Waals surface area contributed by atoms with E-state index in [1.165, 1.54) is 0 Å². The monoisotopic (exact) mass is 328 g/mol. The van der Waals surface area contributed by atoms with Gasteiger partial charge < -0.3 is 15.8 Å². The average molecular weight is 329 g/mol. The Kier molecular flexibility index (Phi) is 8.49. The molecule has 126 valence electrons. The summed E-state index contributed by atoms with van der Waals surface area (Å²) in [5.41, 5.74) is 7.12. The van der Waals surface area contributed by atoms with Gasteiger partial charge in [-0.2, -0.15) is 0 Å². The van der Waals surface area contributed by atoms with Gasteiger partial charge in [-0.3, -0.25) is 4.79 Å². The van der Waals surface area contributed by atoms with Crippen LogP contribution >= 0.6 is 12.4 Å². The highest BCUT2D eigenvalue weighted by Gasteiger charge is 2.33. The van der Waals surface area contributed by atoms with Crippen molar-refractivity contribution in [3.8, 4) is 5.75 Å². The van der Waals surface area contributed by atoms with Crippen molar-refractivity contribution in [2.45, 2.75) is 53.6 Å². The summed E-state index contributed by atoms with van der Waals surface area (Å²) in [6.07, 6.45) is 1.60. The molecule has 0 aliphatic carbocycles. The summed E-state index contributed by atoms with van der Waals surface area (Å²) in [4.78, 5) is 12.5. The summed E-state index contributed by atoms with van der Waals surface area (Å²) >= 11 is 0. The molecule has 0 aliphatic heterocycles. The van der Waals surface area contributed by atoms with Crippen LogP contribution in [0.5, 0.6) is 5.75 Å². The third kappa shape index (κ3) is 4.89. The van der Waals surface area contributed by atoms with E-state index in [1.54, 1.807) is 0 Å². The zero-order valence-electron chi connectivity index (χ0n) is 14.2. The van der Waals surface area contributed by atoms with E-state index in [1.807, 2.05) is 52.8 Å². The Balaban J connectivity index is 0.00000441. The fourth-order valence-corrected chi connectivity index (χ4v) is 2.33. The molecular formula is C17H29ClN2O2. The number of rotatable bonds is 7. The minimum absolute atomic E-state index is 0. The first kappa shape index (κ1) is 20.7. The fourth-order valence-electron chi connectivity index (χ4n) is 2.33. The summed E-state index contributed by atoms with van der Waals surface area (Å²) in [5.74, 6) is 0.839. The van der Waals surface area contributed by atoms with Gasteiger partial charge in [0.15, 0.2) is 0 Å². The van der Waals surface area contributed by atoms with Crippen LogP contribution in [-0.2, 0) is 4.79 Å². The third-order valence-corrected chi connectivity index (χ3v) is 4.02. The molecule has 0 aromatic heterocycles. The molecule has 0 heterocycles. The van der Waals surface area contributed by atoms with Gasteiger partial charge in [0.05, 0.1) is 11.5 Å². The summed E-state index contributed by atoms with van der Waals surface area (Å²) < 4.78 is 5.70. The molecule has 1 aromatic carbocycles. The second-order valence-electron chi connectivity index (χ2n) is 5.79. The second-order valence-corrected chi connectivity index (χ2v) is 5.79.